The molecule has 2 heterocycles. The van der Waals surface area contributed by atoms with Crippen molar-refractivity contribution in [2.45, 2.75) is 6.42 Å². The fraction of sp³-hybridized carbons (Fsp3) is 0.118. The first-order chi connectivity index (χ1) is 11.2. The Balaban J connectivity index is 1.84. The van der Waals surface area contributed by atoms with Gasteiger partial charge in [-0.25, -0.2) is 4.98 Å². The monoisotopic (exact) mass is 309 g/mol. The maximum atomic E-state index is 10.8. The Kier molecular flexibility index (Phi) is 4.05. The fourth-order valence-electron chi connectivity index (χ4n) is 2.21. The van der Waals surface area contributed by atoms with E-state index in [2.05, 4.69) is 11.6 Å². The molecular formula is C17H15N3O3. The van der Waals surface area contributed by atoms with Crippen molar-refractivity contribution in [2.24, 2.45) is 0 Å². The molecule has 0 N–H and O–H groups in total. The number of hydrogen-bond donors (Lipinski definition) is 0. The lowest BCUT2D eigenvalue weighted by molar-refractivity contribution is -0.385. The summed E-state index contributed by atoms with van der Waals surface area (Å²) in [6.45, 7) is 4.25. The van der Waals surface area contributed by atoms with Gasteiger partial charge in [-0.1, -0.05) is 6.08 Å². The van der Waals surface area contributed by atoms with Crippen molar-refractivity contribution < 1.29 is 9.66 Å². The summed E-state index contributed by atoms with van der Waals surface area (Å²) in [5.74, 6) is 0.787. The highest BCUT2D eigenvalue weighted by atomic mass is 16.6. The van der Waals surface area contributed by atoms with Crippen molar-refractivity contribution in [3.05, 3.63) is 71.6 Å². The van der Waals surface area contributed by atoms with E-state index in [0.717, 1.165) is 23.4 Å². The zero-order chi connectivity index (χ0) is 16.2. The molecule has 3 rings (SSSR count). The summed E-state index contributed by atoms with van der Waals surface area (Å²) in [4.78, 5) is 14.9. The van der Waals surface area contributed by atoms with Gasteiger partial charge in [0.15, 0.2) is 0 Å². The number of fused-ring (bicyclic) bond motifs is 1. The van der Waals surface area contributed by atoms with E-state index in [-0.39, 0.29) is 5.69 Å². The molecule has 1 aromatic carbocycles. The maximum absolute atomic E-state index is 10.8. The second kappa shape index (κ2) is 6.31. The van der Waals surface area contributed by atoms with E-state index in [1.54, 1.807) is 16.7 Å². The standard InChI is InChI=1S/C17H15N3O3/c1-2-3-10-23-15-7-4-13(5-8-15)16-12-19-11-14(20(21)22)6-9-17(19)18-16/h2,4-9,11-12H,1,3,10H2. The Hall–Kier alpha value is -3.15. The van der Waals surface area contributed by atoms with Crippen LogP contribution in [0.3, 0.4) is 0 Å². The maximum Gasteiger partial charge on any atom is 0.286 e. The minimum atomic E-state index is -0.422. The highest BCUT2D eigenvalue weighted by Gasteiger charge is 2.09. The van der Waals surface area contributed by atoms with Crippen LogP contribution in [0.1, 0.15) is 6.42 Å². The molecule has 6 heteroatoms. The lowest BCUT2D eigenvalue weighted by Gasteiger charge is -2.04. The van der Waals surface area contributed by atoms with Gasteiger partial charge in [-0.05, 0) is 36.8 Å². The number of imidazole rings is 1. The van der Waals surface area contributed by atoms with Gasteiger partial charge in [0.1, 0.15) is 11.4 Å². The van der Waals surface area contributed by atoms with E-state index in [4.69, 9.17) is 4.74 Å². The molecular weight excluding hydrogens is 294 g/mol. The number of pyridine rings is 1. The molecule has 2 aromatic heterocycles. The summed E-state index contributed by atoms with van der Waals surface area (Å²) in [7, 11) is 0. The largest absolute Gasteiger partial charge is 0.493 e. The van der Waals surface area contributed by atoms with Crippen molar-refractivity contribution in [1.29, 1.82) is 0 Å². The smallest absolute Gasteiger partial charge is 0.286 e. The van der Waals surface area contributed by atoms with Gasteiger partial charge >= 0.3 is 0 Å². The number of nitrogens with zero attached hydrogens (tertiary/aromatic N) is 3. The highest BCUT2D eigenvalue weighted by molar-refractivity contribution is 5.63. The summed E-state index contributed by atoms with van der Waals surface area (Å²) >= 11 is 0. The van der Waals surface area contributed by atoms with E-state index >= 15 is 0 Å². The van der Waals surface area contributed by atoms with Crippen molar-refractivity contribution in [2.75, 3.05) is 6.61 Å². The fourth-order valence-corrected chi connectivity index (χ4v) is 2.21. The molecule has 23 heavy (non-hydrogen) atoms. The summed E-state index contributed by atoms with van der Waals surface area (Å²) in [6.07, 6.45) is 5.84. The van der Waals surface area contributed by atoms with Gasteiger partial charge in [0.05, 0.1) is 23.4 Å². The SMILES string of the molecule is C=CCCOc1ccc(-c2cn3cc([N+](=O)[O-])ccc3n2)cc1. The number of nitro groups is 1. The van der Waals surface area contributed by atoms with E-state index in [0.29, 0.717) is 12.3 Å². The number of hydrogen-bond acceptors (Lipinski definition) is 4. The van der Waals surface area contributed by atoms with E-state index in [1.807, 2.05) is 30.3 Å². The predicted octanol–water partition coefficient (Wildman–Crippen LogP) is 3.86. The van der Waals surface area contributed by atoms with Crippen LogP contribution in [-0.2, 0) is 0 Å². The predicted molar refractivity (Wildman–Crippen MR) is 87.6 cm³/mol. The van der Waals surface area contributed by atoms with Gasteiger partial charge in [-0.2, -0.15) is 0 Å². The van der Waals surface area contributed by atoms with Gasteiger partial charge in [-0.3, -0.25) is 14.5 Å². The van der Waals surface area contributed by atoms with Gasteiger partial charge in [0, 0.05) is 17.8 Å². The highest BCUT2D eigenvalue weighted by Crippen LogP contribution is 2.23. The topological polar surface area (TPSA) is 69.7 Å². The van der Waals surface area contributed by atoms with E-state index < -0.39 is 4.92 Å². The zero-order valence-corrected chi connectivity index (χ0v) is 12.4. The van der Waals surface area contributed by atoms with Crippen LogP contribution in [0.25, 0.3) is 16.9 Å². The van der Waals surface area contributed by atoms with Gasteiger partial charge in [-0.15, -0.1) is 6.58 Å². The molecule has 0 aliphatic carbocycles. The third-order valence-electron chi connectivity index (χ3n) is 3.39. The summed E-state index contributed by atoms with van der Waals surface area (Å²) < 4.78 is 7.22. The zero-order valence-electron chi connectivity index (χ0n) is 12.4. The number of benzene rings is 1. The average molecular weight is 309 g/mol. The van der Waals surface area contributed by atoms with Crippen LogP contribution in [-0.4, -0.2) is 20.9 Å². The Labute approximate surface area is 132 Å². The van der Waals surface area contributed by atoms with Crippen molar-refractivity contribution in [3.8, 4) is 17.0 Å². The molecule has 0 amide bonds. The molecule has 0 atom stereocenters. The molecule has 0 bridgehead atoms. The van der Waals surface area contributed by atoms with E-state index in [9.17, 15) is 10.1 Å². The molecule has 0 saturated carbocycles. The molecule has 0 fully saturated rings. The van der Waals surface area contributed by atoms with Crippen LogP contribution in [0.2, 0.25) is 0 Å². The van der Waals surface area contributed by atoms with E-state index in [1.165, 1.54) is 12.3 Å². The summed E-state index contributed by atoms with van der Waals surface area (Å²) in [6, 6.07) is 10.7. The van der Waals surface area contributed by atoms with Crippen LogP contribution >= 0.6 is 0 Å². The third kappa shape index (κ3) is 3.21. The number of rotatable bonds is 6. The van der Waals surface area contributed by atoms with Gasteiger partial charge in [0.2, 0.25) is 0 Å². The summed E-state index contributed by atoms with van der Waals surface area (Å²) in [5, 5.41) is 10.8. The number of aromatic nitrogens is 2. The molecule has 6 nitrogen and oxygen atoms in total. The molecule has 116 valence electrons. The normalized spacial score (nSPS) is 10.6. The van der Waals surface area contributed by atoms with Crippen LogP contribution in [0.15, 0.2) is 61.4 Å². The van der Waals surface area contributed by atoms with Crippen molar-refractivity contribution in [1.82, 2.24) is 9.38 Å². The minimum absolute atomic E-state index is 0.0346. The second-order valence-corrected chi connectivity index (χ2v) is 4.99. The van der Waals surface area contributed by atoms with Crippen LogP contribution < -0.4 is 4.74 Å². The Morgan fingerprint density at radius 3 is 2.70 bits per heavy atom. The second-order valence-electron chi connectivity index (χ2n) is 4.99. The first kappa shape index (κ1) is 14.8. The molecule has 0 spiro atoms. The molecule has 3 aromatic rings. The minimum Gasteiger partial charge on any atom is -0.493 e. The third-order valence-corrected chi connectivity index (χ3v) is 3.39. The van der Waals surface area contributed by atoms with Gasteiger partial charge in [0.25, 0.3) is 5.69 Å². The van der Waals surface area contributed by atoms with Crippen LogP contribution in [0.5, 0.6) is 5.75 Å². The molecule has 0 aliphatic rings. The first-order valence-corrected chi connectivity index (χ1v) is 7.14. The molecule has 0 unspecified atom stereocenters. The molecule has 0 radical (unpaired) electrons. The van der Waals surface area contributed by atoms with Crippen molar-refractivity contribution >= 4 is 11.3 Å². The van der Waals surface area contributed by atoms with Crippen molar-refractivity contribution in [3.63, 3.8) is 0 Å². The summed E-state index contributed by atoms with van der Waals surface area (Å²) in [5.41, 5.74) is 2.37. The Bertz CT molecular complexity index is 853. The molecule has 0 saturated heterocycles. The van der Waals surface area contributed by atoms with Crippen LogP contribution in [0, 0.1) is 10.1 Å². The first-order valence-electron chi connectivity index (χ1n) is 7.14. The lowest BCUT2D eigenvalue weighted by Crippen LogP contribution is -1.94. The number of ether oxygens (including phenoxy) is 1. The average Bonchev–Trinajstić information content (AvgIpc) is 2.98. The van der Waals surface area contributed by atoms with Crippen LogP contribution in [0.4, 0.5) is 5.69 Å². The Morgan fingerprint density at radius 1 is 1.22 bits per heavy atom. The lowest BCUT2D eigenvalue weighted by atomic mass is 10.2. The molecule has 0 aliphatic heterocycles. The quantitative estimate of drug-likeness (QED) is 0.300. The van der Waals surface area contributed by atoms with Gasteiger partial charge < -0.3 is 4.74 Å². The Morgan fingerprint density at radius 2 is 2.00 bits per heavy atom.